The molecule has 15 nitrogen and oxygen atoms in total. The summed E-state index contributed by atoms with van der Waals surface area (Å²) in [7, 11) is 5.63. The van der Waals surface area contributed by atoms with Crippen molar-refractivity contribution in [3.05, 3.63) is 76.3 Å². The number of rotatable bonds is 24. The molecule has 1 saturated heterocycles. The molecule has 2 aromatic carbocycles. The average Bonchev–Trinajstić information content (AvgIpc) is 4.07. The number of halogens is 1. The van der Waals surface area contributed by atoms with Crippen LogP contribution in [0.3, 0.4) is 0 Å². The summed E-state index contributed by atoms with van der Waals surface area (Å²) >= 11 is 11.0. The van der Waals surface area contributed by atoms with Crippen molar-refractivity contribution in [2.75, 3.05) is 87.0 Å². The Morgan fingerprint density at radius 2 is 1.50 bits per heavy atom. The second kappa shape index (κ2) is 27.6. The molecule has 2 heterocycles. The van der Waals surface area contributed by atoms with Gasteiger partial charge >= 0.3 is 11.9 Å². The van der Waals surface area contributed by atoms with Gasteiger partial charge in [-0.2, -0.15) is 12.6 Å². The van der Waals surface area contributed by atoms with E-state index in [-0.39, 0.29) is 54.6 Å². The Morgan fingerprint density at radius 3 is 2.10 bits per heavy atom. The van der Waals surface area contributed by atoms with E-state index in [0.717, 1.165) is 37.3 Å². The molecule has 0 spiro atoms. The van der Waals surface area contributed by atoms with E-state index in [4.69, 9.17) is 44.8 Å². The van der Waals surface area contributed by atoms with Crippen molar-refractivity contribution in [2.24, 2.45) is 17.3 Å². The molecule has 68 heavy (non-hydrogen) atoms. The van der Waals surface area contributed by atoms with E-state index in [1.807, 2.05) is 20.8 Å². The number of nitrogens with one attached hydrogen (secondary N) is 2. The van der Waals surface area contributed by atoms with Crippen LogP contribution in [0.25, 0.3) is 0 Å². The molecule has 2 aliphatic heterocycles. The third-order valence-corrected chi connectivity index (χ3v) is 12.1. The minimum absolute atomic E-state index is 0.00570. The van der Waals surface area contributed by atoms with Crippen LogP contribution >= 0.6 is 24.2 Å². The van der Waals surface area contributed by atoms with E-state index in [1.165, 1.54) is 13.2 Å². The summed E-state index contributed by atoms with van der Waals surface area (Å²) in [5.41, 5.74) is 1.60. The van der Waals surface area contributed by atoms with Crippen molar-refractivity contribution in [1.29, 1.82) is 0 Å². The Labute approximate surface area is 415 Å². The number of carbonyl (C=O) groups is 4. The number of esters is 2. The lowest BCUT2D eigenvalue weighted by Crippen LogP contribution is -2.51. The highest BCUT2D eigenvalue weighted by atomic mass is 35.5. The van der Waals surface area contributed by atoms with Crippen LogP contribution in [0.4, 0.5) is 0 Å². The molecule has 17 heteroatoms. The van der Waals surface area contributed by atoms with Gasteiger partial charge in [-0.15, -0.1) is 0 Å². The number of amides is 2. The molecule has 0 unspecified atom stereocenters. The number of ether oxygens (including phenoxy) is 7. The van der Waals surface area contributed by atoms with E-state index < -0.39 is 47.4 Å². The van der Waals surface area contributed by atoms with Gasteiger partial charge in [-0.1, -0.05) is 68.8 Å². The first-order valence-electron chi connectivity index (χ1n) is 23.7. The molecule has 0 aliphatic carbocycles. The average molecular weight is 990 g/mol. The van der Waals surface area contributed by atoms with Crippen LogP contribution in [0, 0.1) is 17.3 Å². The molecule has 2 N–H and O–H groups in total. The third-order valence-electron chi connectivity index (χ3n) is 11.7. The Kier molecular flexibility index (Phi) is 23.1. The lowest BCUT2D eigenvalue weighted by Gasteiger charge is -2.29. The summed E-state index contributed by atoms with van der Waals surface area (Å²) in [6.45, 7) is 19.7. The minimum atomic E-state index is -1.23. The molecule has 0 aromatic heterocycles. The van der Waals surface area contributed by atoms with Crippen molar-refractivity contribution in [3.8, 4) is 5.75 Å². The number of benzene rings is 2. The van der Waals surface area contributed by atoms with Crippen molar-refractivity contribution in [2.45, 2.75) is 109 Å². The molecular formula is C51H77ClN4O11S. The molecular weight excluding hydrogens is 912 g/mol. The van der Waals surface area contributed by atoms with E-state index in [9.17, 15) is 19.2 Å². The van der Waals surface area contributed by atoms with Crippen molar-refractivity contribution in [3.63, 3.8) is 0 Å². The van der Waals surface area contributed by atoms with E-state index in [2.05, 4.69) is 85.3 Å². The number of epoxide rings is 1. The number of carbonyl (C=O) groups excluding carboxylic acids is 4. The summed E-state index contributed by atoms with van der Waals surface area (Å²) < 4.78 is 40.6. The number of methoxy groups -OCH3 is 1. The maximum Gasteiger partial charge on any atom is 0.347 e. The fourth-order valence-corrected chi connectivity index (χ4v) is 8.27. The largest absolute Gasteiger partial charge is 0.495 e. The smallest absolute Gasteiger partial charge is 0.347 e. The number of nitrogens with zero attached hydrogens (tertiary/aromatic N) is 2. The van der Waals surface area contributed by atoms with Gasteiger partial charge in [0.2, 0.25) is 11.8 Å². The van der Waals surface area contributed by atoms with Gasteiger partial charge in [0.1, 0.15) is 24.0 Å². The van der Waals surface area contributed by atoms with Crippen LogP contribution in [0.15, 0.2) is 54.6 Å². The van der Waals surface area contributed by atoms with Crippen LogP contribution in [-0.4, -0.2) is 150 Å². The molecule has 0 bridgehead atoms. The van der Waals surface area contributed by atoms with Gasteiger partial charge in [-0.3, -0.25) is 19.3 Å². The first kappa shape index (κ1) is 56.8. The molecule has 6 atom stereocenters. The second-order valence-electron chi connectivity index (χ2n) is 19.7. The molecule has 2 aromatic rings. The Bertz CT molecular complexity index is 1950. The number of thiol groups is 1. The monoisotopic (exact) mass is 988 g/mol. The van der Waals surface area contributed by atoms with E-state index in [0.29, 0.717) is 56.0 Å². The summed E-state index contributed by atoms with van der Waals surface area (Å²) in [6, 6.07) is 12.4. The predicted molar refractivity (Wildman–Crippen MR) is 266 cm³/mol. The van der Waals surface area contributed by atoms with Gasteiger partial charge in [-0.05, 0) is 89.0 Å². The topological polar surface area (TPSA) is 167 Å². The molecule has 2 amide bonds. The van der Waals surface area contributed by atoms with E-state index >= 15 is 0 Å². The van der Waals surface area contributed by atoms with Gasteiger partial charge in [0.15, 0.2) is 6.10 Å². The number of likely N-dealkylation sites (N-methyl/N-ethyl adjacent to an activating group) is 2. The van der Waals surface area contributed by atoms with E-state index in [1.54, 1.807) is 38.1 Å². The van der Waals surface area contributed by atoms with Crippen LogP contribution < -0.4 is 15.4 Å². The Balaban J connectivity index is 1.32. The third kappa shape index (κ3) is 19.9. The summed E-state index contributed by atoms with van der Waals surface area (Å²) in [5, 5.41) is 5.95. The SMILES string of the molecule is COc1ccc(C[C@H]2NC(=O)C=CC[C@@H]([C@H](C)[C@H]3O[C@@H]3c3ccc(CN(C)CCOCCOCCOCCN(C)CC(C)(C)S)cc3)OC(=O)[C@H](CC(C)C)OC(=O)C(C)(C)CNC2=O)cc1Cl. The van der Waals surface area contributed by atoms with Crippen LogP contribution in [0.5, 0.6) is 5.75 Å². The summed E-state index contributed by atoms with van der Waals surface area (Å²) in [6.07, 6.45) is 1.05. The standard InChI is InChI=1S/C51H77ClN4O11S/c1-34(2)28-43-48(59)65-41(12-11-13-44(57)54-40(30-37-16-19-42(61-10)39(52)29-37)47(58)53-32-50(4,5)49(60)66-43)35(3)45-46(67-45)38-17-14-36(15-18-38)31-55(8)20-22-62-24-26-64-27-25-63-23-21-56(9)33-51(6,7)68/h11,13-19,29,34-35,40-41,43,45-46,68H,12,20-28,30-33H2,1-10H3,(H,53,58)(H,54,57)/t35-,40+,41-,43-,45+,46+/m0/s1. The highest BCUT2D eigenvalue weighted by Crippen LogP contribution is 2.45. The predicted octanol–water partition coefficient (Wildman–Crippen LogP) is 6.25. The Morgan fingerprint density at radius 1 is 0.882 bits per heavy atom. The lowest BCUT2D eigenvalue weighted by atomic mass is 9.92. The lowest BCUT2D eigenvalue weighted by molar-refractivity contribution is -0.179. The fraction of sp³-hybridized carbons (Fsp3) is 0.647. The maximum atomic E-state index is 13.9. The number of hydrogen-bond acceptors (Lipinski definition) is 14. The number of hydrogen-bond donors (Lipinski definition) is 3. The molecule has 380 valence electrons. The summed E-state index contributed by atoms with van der Waals surface area (Å²) in [4.78, 5) is 58.9. The quantitative estimate of drug-likeness (QED) is 0.0469. The summed E-state index contributed by atoms with van der Waals surface area (Å²) in [5.74, 6) is -2.21. The number of cyclic esters (lactones) is 2. The first-order valence-corrected chi connectivity index (χ1v) is 24.5. The van der Waals surface area contributed by atoms with Gasteiger partial charge in [-0.25, -0.2) is 4.79 Å². The zero-order valence-corrected chi connectivity index (χ0v) is 43.5. The maximum absolute atomic E-state index is 13.9. The van der Waals surface area contributed by atoms with Crippen LogP contribution in [-0.2, 0) is 60.6 Å². The second-order valence-corrected chi connectivity index (χ2v) is 21.3. The molecule has 0 radical (unpaired) electrons. The van der Waals surface area contributed by atoms with Crippen LogP contribution in [0.2, 0.25) is 5.02 Å². The van der Waals surface area contributed by atoms with Gasteiger partial charge in [0.05, 0.1) is 63.3 Å². The van der Waals surface area contributed by atoms with Crippen molar-refractivity contribution < 1.29 is 52.3 Å². The highest BCUT2D eigenvalue weighted by Gasteiger charge is 2.48. The molecule has 0 saturated carbocycles. The van der Waals surface area contributed by atoms with Crippen molar-refractivity contribution in [1.82, 2.24) is 20.4 Å². The molecule has 1 fully saturated rings. The normalized spacial score (nSPS) is 22.2. The van der Waals surface area contributed by atoms with Gasteiger partial charge < -0.3 is 48.7 Å². The van der Waals surface area contributed by atoms with Gasteiger partial charge in [0.25, 0.3) is 0 Å². The van der Waals surface area contributed by atoms with Gasteiger partial charge in [0, 0.05) is 56.2 Å². The minimum Gasteiger partial charge on any atom is -0.495 e. The van der Waals surface area contributed by atoms with Crippen LogP contribution in [0.1, 0.15) is 84.1 Å². The fourth-order valence-electron chi connectivity index (χ4n) is 7.75. The Hall–Kier alpha value is -3.74. The molecule has 2 aliphatic rings. The van der Waals surface area contributed by atoms with Crippen molar-refractivity contribution >= 4 is 48.0 Å². The first-order chi connectivity index (χ1) is 32.1. The zero-order chi connectivity index (χ0) is 50.0. The highest BCUT2D eigenvalue weighted by molar-refractivity contribution is 7.81. The molecule has 4 rings (SSSR count). The zero-order valence-electron chi connectivity index (χ0n) is 41.8.